The van der Waals surface area contributed by atoms with Crippen molar-refractivity contribution in [3.05, 3.63) is 0 Å². The van der Waals surface area contributed by atoms with E-state index >= 15 is 0 Å². The Morgan fingerprint density at radius 2 is 2.20 bits per heavy atom. The molecule has 15 heavy (non-hydrogen) atoms. The maximum absolute atomic E-state index is 11.7. The maximum atomic E-state index is 11.7. The average Bonchev–Trinajstić information content (AvgIpc) is 2.78. The normalized spacial score (nSPS) is 37.4. The summed E-state index contributed by atoms with van der Waals surface area (Å²) >= 11 is 0. The lowest BCUT2D eigenvalue weighted by atomic mass is 9.85. The van der Waals surface area contributed by atoms with Gasteiger partial charge in [-0.1, -0.05) is 0 Å². The zero-order chi connectivity index (χ0) is 10.8. The van der Waals surface area contributed by atoms with E-state index in [1.807, 2.05) is 0 Å². The number of nitrogens with zero attached hydrogens (tertiary/aromatic N) is 1. The molecule has 0 aromatic carbocycles. The molecule has 2 saturated carbocycles. The smallest absolute Gasteiger partial charge is 0.311 e. The minimum Gasteiger partial charge on any atom is -0.466 e. The number of ether oxygens (including phenoxy) is 1. The molecule has 4 heteroatoms. The zero-order valence-electron chi connectivity index (χ0n) is 8.81. The quantitative estimate of drug-likeness (QED) is 0.400. The molecule has 2 aliphatic rings. The Morgan fingerprint density at radius 3 is 2.87 bits per heavy atom. The van der Waals surface area contributed by atoms with Crippen LogP contribution >= 0.6 is 0 Å². The topological polar surface area (TPSA) is 55.7 Å². The average molecular weight is 209 g/mol. The van der Waals surface area contributed by atoms with Gasteiger partial charge in [0.25, 0.3) is 0 Å². The van der Waals surface area contributed by atoms with E-state index in [1.54, 1.807) is 13.0 Å². The van der Waals surface area contributed by atoms with E-state index in [9.17, 15) is 9.59 Å². The largest absolute Gasteiger partial charge is 0.466 e. The Bertz CT molecular complexity index is 309. The molecule has 82 valence electrons. The van der Waals surface area contributed by atoms with Crippen molar-refractivity contribution in [2.45, 2.75) is 32.2 Å². The summed E-state index contributed by atoms with van der Waals surface area (Å²) in [4.78, 5) is 25.8. The summed E-state index contributed by atoms with van der Waals surface area (Å²) in [5, 5.41) is 0. The molecule has 4 atom stereocenters. The van der Waals surface area contributed by atoms with Crippen LogP contribution in [0.15, 0.2) is 4.99 Å². The lowest BCUT2D eigenvalue weighted by Gasteiger charge is -2.25. The summed E-state index contributed by atoms with van der Waals surface area (Å²) in [6.07, 6.45) is 4.75. The van der Waals surface area contributed by atoms with Gasteiger partial charge < -0.3 is 4.74 Å². The van der Waals surface area contributed by atoms with E-state index in [0.29, 0.717) is 18.4 Å². The number of isocyanates is 1. The molecular weight excluding hydrogens is 194 g/mol. The summed E-state index contributed by atoms with van der Waals surface area (Å²) in [5.74, 6) is 0.390. The molecule has 2 fully saturated rings. The van der Waals surface area contributed by atoms with Crippen LogP contribution in [0.25, 0.3) is 0 Å². The Kier molecular flexibility index (Phi) is 2.87. The maximum Gasteiger partial charge on any atom is 0.311 e. The van der Waals surface area contributed by atoms with Crippen molar-refractivity contribution in [2.24, 2.45) is 22.7 Å². The monoisotopic (exact) mass is 209 g/mol. The summed E-state index contributed by atoms with van der Waals surface area (Å²) in [6, 6.07) is -0.166. The number of rotatable bonds is 3. The number of esters is 1. The molecule has 2 bridgehead atoms. The van der Waals surface area contributed by atoms with Gasteiger partial charge in [0.2, 0.25) is 6.08 Å². The molecular formula is C11H15NO3. The van der Waals surface area contributed by atoms with Gasteiger partial charge in [0.05, 0.1) is 18.6 Å². The minimum atomic E-state index is -0.190. The van der Waals surface area contributed by atoms with Gasteiger partial charge in [-0.25, -0.2) is 9.79 Å². The first kappa shape index (κ1) is 10.4. The zero-order valence-corrected chi connectivity index (χ0v) is 8.81. The van der Waals surface area contributed by atoms with Crippen molar-refractivity contribution in [1.29, 1.82) is 0 Å². The Hall–Kier alpha value is -1.15. The second-order valence-corrected chi connectivity index (χ2v) is 4.32. The molecule has 4 nitrogen and oxygen atoms in total. The fourth-order valence-electron chi connectivity index (χ4n) is 3.08. The first-order valence-corrected chi connectivity index (χ1v) is 5.51. The van der Waals surface area contributed by atoms with Gasteiger partial charge in [0, 0.05) is 0 Å². The van der Waals surface area contributed by atoms with Gasteiger partial charge in [-0.15, -0.1) is 0 Å². The van der Waals surface area contributed by atoms with Gasteiger partial charge in [-0.2, -0.15) is 0 Å². The Morgan fingerprint density at radius 1 is 1.47 bits per heavy atom. The van der Waals surface area contributed by atoms with Crippen LogP contribution in [-0.4, -0.2) is 24.7 Å². The number of carbonyl (C=O) groups excluding carboxylic acids is 2. The molecule has 2 aliphatic carbocycles. The van der Waals surface area contributed by atoms with E-state index in [4.69, 9.17) is 4.74 Å². The number of carbonyl (C=O) groups is 1. The van der Waals surface area contributed by atoms with Crippen LogP contribution in [0.5, 0.6) is 0 Å². The SMILES string of the molecule is CCOC(=O)C1C2CCC(C2)C1N=C=O. The van der Waals surface area contributed by atoms with Crippen molar-refractivity contribution >= 4 is 12.0 Å². The Labute approximate surface area is 88.7 Å². The number of fused-ring (bicyclic) bond motifs is 2. The molecule has 0 heterocycles. The second-order valence-electron chi connectivity index (χ2n) is 4.32. The van der Waals surface area contributed by atoms with Crippen LogP contribution in [0.2, 0.25) is 0 Å². The lowest BCUT2D eigenvalue weighted by Crippen LogP contribution is -2.33. The highest BCUT2D eigenvalue weighted by molar-refractivity contribution is 5.74. The van der Waals surface area contributed by atoms with Crippen LogP contribution < -0.4 is 0 Å². The van der Waals surface area contributed by atoms with E-state index in [-0.39, 0.29) is 17.9 Å². The van der Waals surface area contributed by atoms with E-state index in [0.717, 1.165) is 19.3 Å². The molecule has 0 aliphatic heterocycles. The predicted molar refractivity (Wildman–Crippen MR) is 52.9 cm³/mol. The number of hydrogen-bond acceptors (Lipinski definition) is 4. The molecule has 4 unspecified atom stereocenters. The molecule has 0 aromatic heterocycles. The highest BCUT2D eigenvalue weighted by atomic mass is 16.5. The van der Waals surface area contributed by atoms with Gasteiger partial charge in [0.15, 0.2) is 0 Å². The van der Waals surface area contributed by atoms with Crippen LogP contribution in [0.3, 0.4) is 0 Å². The van der Waals surface area contributed by atoms with Crippen molar-refractivity contribution in [2.75, 3.05) is 6.61 Å². The second kappa shape index (κ2) is 4.15. The lowest BCUT2D eigenvalue weighted by molar-refractivity contribution is -0.150. The van der Waals surface area contributed by atoms with Crippen molar-refractivity contribution < 1.29 is 14.3 Å². The van der Waals surface area contributed by atoms with Gasteiger partial charge in [-0.05, 0) is 38.0 Å². The van der Waals surface area contributed by atoms with Crippen molar-refractivity contribution in [3.63, 3.8) is 0 Å². The third kappa shape index (κ3) is 1.70. The van der Waals surface area contributed by atoms with Gasteiger partial charge in [0.1, 0.15) is 0 Å². The summed E-state index contributed by atoms with van der Waals surface area (Å²) in [7, 11) is 0. The standard InChI is InChI=1S/C11H15NO3/c1-2-15-11(14)9-7-3-4-8(5-7)10(9)12-6-13/h7-10H,2-5H2,1H3. The van der Waals surface area contributed by atoms with E-state index in [1.165, 1.54) is 0 Å². The van der Waals surface area contributed by atoms with E-state index < -0.39 is 0 Å². The number of aliphatic imine (C=N–C) groups is 1. The molecule has 0 amide bonds. The predicted octanol–water partition coefficient (Wildman–Crippen LogP) is 1.30. The summed E-state index contributed by atoms with van der Waals surface area (Å²) in [5.41, 5.74) is 0. The van der Waals surface area contributed by atoms with Crippen LogP contribution in [0.4, 0.5) is 0 Å². The van der Waals surface area contributed by atoms with Crippen LogP contribution in [-0.2, 0) is 14.3 Å². The molecule has 0 radical (unpaired) electrons. The van der Waals surface area contributed by atoms with Gasteiger partial charge in [-0.3, -0.25) is 4.79 Å². The molecule has 0 aromatic rings. The van der Waals surface area contributed by atoms with Crippen molar-refractivity contribution in [3.8, 4) is 0 Å². The fraction of sp³-hybridized carbons (Fsp3) is 0.818. The fourth-order valence-corrected chi connectivity index (χ4v) is 3.08. The highest BCUT2D eigenvalue weighted by Gasteiger charge is 2.51. The molecule has 0 N–H and O–H groups in total. The third-order valence-corrected chi connectivity index (χ3v) is 3.63. The first-order chi connectivity index (χ1) is 7.27. The summed E-state index contributed by atoms with van der Waals surface area (Å²) in [6.45, 7) is 2.19. The highest BCUT2D eigenvalue weighted by Crippen LogP contribution is 2.50. The molecule has 2 rings (SSSR count). The van der Waals surface area contributed by atoms with E-state index in [2.05, 4.69) is 4.99 Å². The van der Waals surface area contributed by atoms with Gasteiger partial charge >= 0.3 is 5.97 Å². The minimum absolute atomic E-state index is 0.166. The first-order valence-electron chi connectivity index (χ1n) is 5.51. The summed E-state index contributed by atoms with van der Waals surface area (Å²) < 4.78 is 5.03. The number of hydrogen-bond donors (Lipinski definition) is 0. The third-order valence-electron chi connectivity index (χ3n) is 3.63. The molecule has 0 saturated heterocycles. The Balaban J connectivity index is 2.14. The van der Waals surface area contributed by atoms with Crippen molar-refractivity contribution in [1.82, 2.24) is 0 Å². The molecule has 0 spiro atoms. The van der Waals surface area contributed by atoms with Crippen LogP contribution in [0, 0.1) is 17.8 Å². The van der Waals surface area contributed by atoms with Crippen LogP contribution in [0.1, 0.15) is 26.2 Å².